The molecule has 0 radical (unpaired) electrons. The van der Waals surface area contributed by atoms with E-state index in [9.17, 15) is 18.0 Å². The van der Waals surface area contributed by atoms with E-state index in [0.717, 1.165) is 28.3 Å². The molecule has 2 amide bonds. The number of aryl methyl sites for hydroxylation is 1. The van der Waals surface area contributed by atoms with Crippen molar-refractivity contribution >= 4 is 27.5 Å². The number of nitrogens with one attached hydrogen (secondary N) is 1. The van der Waals surface area contributed by atoms with Crippen LogP contribution in [0.5, 0.6) is 11.5 Å². The normalized spacial score (nSPS) is 11.8. The minimum atomic E-state index is -4.38. The molecule has 0 fully saturated rings. The summed E-state index contributed by atoms with van der Waals surface area (Å²) in [6, 6.07) is 25.0. The van der Waals surface area contributed by atoms with Crippen LogP contribution >= 0.6 is 0 Å². The minimum Gasteiger partial charge on any atom is -0.497 e. The molecule has 0 aliphatic carbocycles. The molecular formula is C37H42FN3O6S. The van der Waals surface area contributed by atoms with Crippen molar-refractivity contribution < 1.29 is 31.9 Å². The molecule has 48 heavy (non-hydrogen) atoms. The summed E-state index contributed by atoms with van der Waals surface area (Å²) in [5.41, 5.74) is 1.86. The summed E-state index contributed by atoms with van der Waals surface area (Å²) in [5.74, 6) is -1.19. The van der Waals surface area contributed by atoms with Gasteiger partial charge < -0.3 is 19.7 Å². The molecule has 4 rings (SSSR count). The number of benzene rings is 4. The topological polar surface area (TPSA) is 105 Å². The highest BCUT2D eigenvalue weighted by atomic mass is 32.2. The lowest BCUT2D eigenvalue weighted by Crippen LogP contribution is -2.53. The van der Waals surface area contributed by atoms with Crippen molar-refractivity contribution in [3.8, 4) is 11.5 Å². The monoisotopic (exact) mass is 675 g/mol. The Hall–Kier alpha value is -4.90. The average Bonchev–Trinajstić information content (AvgIpc) is 3.09. The molecule has 4 aromatic carbocycles. The van der Waals surface area contributed by atoms with Crippen molar-refractivity contribution in [2.24, 2.45) is 0 Å². The summed E-state index contributed by atoms with van der Waals surface area (Å²) in [5, 5.41) is 2.92. The van der Waals surface area contributed by atoms with E-state index in [1.807, 2.05) is 44.2 Å². The van der Waals surface area contributed by atoms with E-state index in [1.165, 1.54) is 55.5 Å². The molecule has 254 valence electrons. The second-order valence-electron chi connectivity index (χ2n) is 11.3. The van der Waals surface area contributed by atoms with Gasteiger partial charge in [-0.3, -0.25) is 13.9 Å². The van der Waals surface area contributed by atoms with Gasteiger partial charge in [-0.25, -0.2) is 12.8 Å². The Bertz CT molecular complexity index is 1780. The molecule has 9 nitrogen and oxygen atoms in total. The van der Waals surface area contributed by atoms with Crippen molar-refractivity contribution in [1.29, 1.82) is 0 Å². The van der Waals surface area contributed by atoms with Crippen molar-refractivity contribution in [3.05, 3.63) is 120 Å². The molecule has 0 aliphatic rings. The number of carbonyl (C=O) groups excluding carboxylic acids is 2. The summed E-state index contributed by atoms with van der Waals surface area (Å²) in [7, 11) is -1.55. The summed E-state index contributed by atoms with van der Waals surface area (Å²) < 4.78 is 55.8. The minimum absolute atomic E-state index is 0.0513. The average molecular weight is 676 g/mol. The van der Waals surface area contributed by atoms with Crippen LogP contribution in [0.15, 0.2) is 102 Å². The van der Waals surface area contributed by atoms with Crippen molar-refractivity contribution in [2.45, 2.75) is 50.6 Å². The number of unbranched alkanes of at least 4 members (excludes halogenated alkanes) is 1. The molecule has 0 saturated heterocycles. The van der Waals surface area contributed by atoms with Gasteiger partial charge in [0.25, 0.3) is 10.0 Å². The maximum atomic E-state index is 15.1. The van der Waals surface area contributed by atoms with Gasteiger partial charge in [-0.15, -0.1) is 0 Å². The van der Waals surface area contributed by atoms with Crippen molar-refractivity contribution in [3.63, 3.8) is 0 Å². The summed E-state index contributed by atoms with van der Waals surface area (Å²) in [6.07, 6.45) is 1.69. The van der Waals surface area contributed by atoms with Gasteiger partial charge >= 0.3 is 0 Å². The molecule has 11 heteroatoms. The highest BCUT2D eigenvalue weighted by Crippen LogP contribution is 2.36. The number of amides is 2. The van der Waals surface area contributed by atoms with Gasteiger partial charge in [-0.1, -0.05) is 79.6 Å². The number of hydrogen-bond acceptors (Lipinski definition) is 6. The van der Waals surface area contributed by atoms with E-state index < -0.39 is 40.2 Å². The quantitative estimate of drug-likeness (QED) is 0.148. The van der Waals surface area contributed by atoms with Crippen LogP contribution in [0.1, 0.15) is 36.5 Å². The van der Waals surface area contributed by atoms with Crippen LogP contribution in [0.4, 0.5) is 10.1 Å². The second-order valence-corrected chi connectivity index (χ2v) is 13.2. The van der Waals surface area contributed by atoms with Gasteiger partial charge in [-0.05, 0) is 49.2 Å². The first-order valence-electron chi connectivity index (χ1n) is 15.7. The van der Waals surface area contributed by atoms with E-state index in [2.05, 4.69) is 5.32 Å². The predicted octanol–water partition coefficient (Wildman–Crippen LogP) is 5.90. The van der Waals surface area contributed by atoms with Crippen LogP contribution in [0, 0.1) is 12.7 Å². The lowest BCUT2D eigenvalue weighted by atomic mass is 10.0. The van der Waals surface area contributed by atoms with Crippen molar-refractivity contribution in [2.75, 3.05) is 31.6 Å². The van der Waals surface area contributed by atoms with E-state index >= 15 is 4.39 Å². The standard InChI is InChI=1S/C37H42FN3O6S/c1-5-6-22-39-37(43)34(23-28-12-8-7-9-13-28)40(25-29-14-10-11-15-32(29)38)36(42)26-41(33-24-30(46-3)18-21-35(33)47-4)48(44,45)31-19-16-27(2)17-20-31/h7-21,24,34H,5-6,22-23,25-26H2,1-4H3,(H,39,43)/t34-/m1/s1. The van der Waals surface area contributed by atoms with Crippen LogP contribution in [0.25, 0.3) is 0 Å². The van der Waals surface area contributed by atoms with E-state index in [-0.39, 0.29) is 34.9 Å². The molecule has 0 spiro atoms. The SMILES string of the molecule is CCCCNC(=O)[C@@H](Cc1ccccc1)N(Cc1ccccc1F)C(=O)CN(c1cc(OC)ccc1OC)S(=O)(=O)c1ccc(C)cc1. The number of carbonyl (C=O) groups is 2. The smallest absolute Gasteiger partial charge is 0.264 e. The zero-order chi connectivity index (χ0) is 34.7. The maximum absolute atomic E-state index is 15.1. The molecule has 0 aromatic heterocycles. The number of sulfonamides is 1. The molecule has 1 N–H and O–H groups in total. The fourth-order valence-electron chi connectivity index (χ4n) is 5.21. The zero-order valence-electron chi connectivity index (χ0n) is 27.7. The summed E-state index contributed by atoms with van der Waals surface area (Å²) in [6.45, 7) is 3.22. The Kier molecular flexibility index (Phi) is 12.6. The van der Waals surface area contributed by atoms with Crippen LogP contribution in [-0.2, 0) is 32.6 Å². The van der Waals surface area contributed by atoms with Crippen LogP contribution in [0.3, 0.4) is 0 Å². The molecule has 0 unspecified atom stereocenters. The largest absolute Gasteiger partial charge is 0.497 e. The lowest BCUT2D eigenvalue weighted by molar-refractivity contribution is -0.140. The number of halogens is 1. The number of nitrogens with zero attached hydrogens (tertiary/aromatic N) is 2. The fraction of sp³-hybridized carbons (Fsp3) is 0.297. The first-order chi connectivity index (χ1) is 23.1. The maximum Gasteiger partial charge on any atom is 0.264 e. The Morgan fingerprint density at radius 1 is 0.896 bits per heavy atom. The Morgan fingerprint density at radius 3 is 2.23 bits per heavy atom. The second kappa shape index (κ2) is 16.8. The Balaban J connectivity index is 1.86. The van der Waals surface area contributed by atoms with Gasteiger partial charge in [0, 0.05) is 31.1 Å². The molecule has 0 heterocycles. The summed E-state index contributed by atoms with van der Waals surface area (Å²) in [4.78, 5) is 29.7. The highest BCUT2D eigenvalue weighted by Gasteiger charge is 2.36. The zero-order valence-corrected chi connectivity index (χ0v) is 28.5. The van der Waals surface area contributed by atoms with E-state index in [0.29, 0.717) is 12.3 Å². The van der Waals surface area contributed by atoms with Gasteiger partial charge in [-0.2, -0.15) is 0 Å². The van der Waals surface area contributed by atoms with E-state index in [4.69, 9.17) is 9.47 Å². The Morgan fingerprint density at radius 2 is 1.58 bits per heavy atom. The van der Waals surface area contributed by atoms with Gasteiger partial charge in [0.2, 0.25) is 11.8 Å². The van der Waals surface area contributed by atoms with Gasteiger partial charge in [0.15, 0.2) is 0 Å². The molecule has 0 saturated carbocycles. The summed E-state index contributed by atoms with van der Waals surface area (Å²) >= 11 is 0. The Labute approximate surface area is 282 Å². The van der Waals surface area contributed by atoms with Crippen LogP contribution in [-0.4, -0.2) is 58.5 Å². The highest BCUT2D eigenvalue weighted by molar-refractivity contribution is 7.92. The predicted molar refractivity (Wildman–Crippen MR) is 184 cm³/mol. The first-order valence-corrected chi connectivity index (χ1v) is 17.2. The number of methoxy groups -OCH3 is 2. The van der Waals surface area contributed by atoms with Gasteiger partial charge in [0.1, 0.15) is 29.9 Å². The number of anilines is 1. The van der Waals surface area contributed by atoms with Crippen LogP contribution < -0.4 is 19.1 Å². The van der Waals surface area contributed by atoms with Crippen LogP contribution in [0.2, 0.25) is 0 Å². The third-order valence-electron chi connectivity index (χ3n) is 7.94. The van der Waals surface area contributed by atoms with Crippen molar-refractivity contribution in [1.82, 2.24) is 10.2 Å². The molecular weight excluding hydrogens is 633 g/mol. The first kappa shape index (κ1) is 35.9. The number of rotatable bonds is 16. The third kappa shape index (κ3) is 8.92. The number of hydrogen-bond donors (Lipinski definition) is 1. The molecule has 1 atom stereocenters. The van der Waals surface area contributed by atoms with Gasteiger partial charge in [0.05, 0.1) is 24.8 Å². The molecule has 4 aromatic rings. The third-order valence-corrected chi connectivity index (χ3v) is 9.72. The number of ether oxygens (including phenoxy) is 2. The lowest BCUT2D eigenvalue weighted by Gasteiger charge is -2.34. The fourth-order valence-corrected chi connectivity index (χ4v) is 6.63. The molecule has 0 bridgehead atoms. The van der Waals surface area contributed by atoms with E-state index in [1.54, 1.807) is 30.3 Å². The molecule has 0 aliphatic heterocycles.